The fourth-order valence-electron chi connectivity index (χ4n) is 5.59. The predicted molar refractivity (Wildman–Crippen MR) is 178 cm³/mol. The van der Waals surface area contributed by atoms with E-state index in [-0.39, 0.29) is 0 Å². The summed E-state index contributed by atoms with van der Waals surface area (Å²) in [6.45, 7) is 0. The van der Waals surface area contributed by atoms with E-state index in [0.29, 0.717) is 0 Å². The zero-order chi connectivity index (χ0) is 27.2. The highest BCUT2D eigenvalue weighted by atomic mass is 32.1. The molecule has 0 aliphatic heterocycles. The number of benzene rings is 6. The molecule has 0 amide bonds. The quantitative estimate of drug-likeness (QED) is 0.208. The van der Waals surface area contributed by atoms with Crippen molar-refractivity contribution in [1.29, 1.82) is 0 Å². The molecule has 8 aromatic rings. The summed E-state index contributed by atoms with van der Waals surface area (Å²) in [6, 6.07) is 51.7. The summed E-state index contributed by atoms with van der Waals surface area (Å²) < 4.78 is 3.76. The first kappa shape index (κ1) is 24.1. The van der Waals surface area contributed by atoms with Crippen LogP contribution in [-0.2, 0) is 0 Å². The van der Waals surface area contributed by atoms with Gasteiger partial charge in [-0.25, -0.2) is 4.98 Å². The Hall–Kier alpha value is -4.77. The summed E-state index contributed by atoms with van der Waals surface area (Å²) in [5.74, 6) is 0. The van der Waals surface area contributed by atoms with Crippen molar-refractivity contribution in [3.05, 3.63) is 146 Å². The van der Waals surface area contributed by atoms with Gasteiger partial charge in [-0.3, -0.25) is 0 Å². The average molecular weight is 561 g/mol. The standard InChI is InChI=1S/C37H24N2S2/c1-4-12-25(13-5-1)26-20-22-29(23-21-26)39(28-16-8-3-9-17-28)36-34-30-18-10-11-19-31(30)40-32(34)24-33-35(36)38-37(41-33)27-14-6-2-7-15-27/h1-24H. The molecule has 0 atom stereocenters. The van der Waals surface area contributed by atoms with Gasteiger partial charge in [0.25, 0.3) is 0 Å². The van der Waals surface area contributed by atoms with Crippen LogP contribution in [0, 0.1) is 0 Å². The Kier molecular flexibility index (Phi) is 5.87. The Morgan fingerprint density at radius 3 is 1.78 bits per heavy atom. The Bertz CT molecular complexity index is 2130. The van der Waals surface area contributed by atoms with Gasteiger partial charge in [0, 0.05) is 37.1 Å². The summed E-state index contributed by atoms with van der Waals surface area (Å²) in [4.78, 5) is 7.73. The van der Waals surface area contributed by atoms with Crippen LogP contribution in [0.4, 0.5) is 17.1 Å². The highest BCUT2D eigenvalue weighted by molar-refractivity contribution is 7.27. The van der Waals surface area contributed by atoms with Crippen molar-refractivity contribution in [1.82, 2.24) is 4.98 Å². The monoisotopic (exact) mass is 560 g/mol. The molecule has 0 spiro atoms. The van der Waals surface area contributed by atoms with Crippen molar-refractivity contribution >= 4 is 70.1 Å². The van der Waals surface area contributed by atoms with E-state index in [0.717, 1.165) is 33.1 Å². The Morgan fingerprint density at radius 1 is 0.463 bits per heavy atom. The van der Waals surface area contributed by atoms with E-state index in [9.17, 15) is 0 Å². The second-order valence-electron chi connectivity index (χ2n) is 10.0. The van der Waals surface area contributed by atoms with E-state index in [1.807, 2.05) is 11.3 Å². The number of rotatable bonds is 5. The molecule has 4 heteroatoms. The summed E-state index contributed by atoms with van der Waals surface area (Å²) in [6.07, 6.45) is 0. The summed E-state index contributed by atoms with van der Waals surface area (Å²) in [5.41, 5.74) is 7.93. The first-order chi connectivity index (χ1) is 20.3. The van der Waals surface area contributed by atoms with E-state index in [2.05, 4.69) is 150 Å². The average Bonchev–Trinajstić information content (AvgIpc) is 3.64. The number of hydrogen-bond acceptors (Lipinski definition) is 4. The first-order valence-corrected chi connectivity index (χ1v) is 15.3. The molecule has 0 saturated heterocycles. The van der Waals surface area contributed by atoms with Crippen molar-refractivity contribution in [2.45, 2.75) is 0 Å². The van der Waals surface area contributed by atoms with Gasteiger partial charge in [-0.1, -0.05) is 109 Å². The van der Waals surface area contributed by atoms with Crippen LogP contribution in [0.2, 0.25) is 0 Å². The second-order valence-corrected chi connectivity index (χ2v) is 12.1. The molecule has 0 aliphatic carbocycles. The maximum atomic E-state index is 5.34. The van der Waals surface area contributed by atoms with E-state index in [1.54, 1.807) is 11.3 Å². The maximum Gasteiger partial charge on any atom is 0.124 e. The number of hydrogen-bond donors (Lipinski definition) is 0. The molecule has 0 saturated carbocycles. The van der Waals surface area contributed by atoms with Crippen LogP contribution >= 0.6 is 22.7 Å². The number of fused-ring (bicyclic) bond motifs is 4. The molecule has 0 radical (unpaired) electrons. The largest absolute Gasteiger partial charge is 0.308 e. The zero-order valence-corrected chi connectivity index (χ0v) is 23.7. The van der Waals surface area contributed by atoms with Crippen LogP contribution in [0.15, 0.2) is 146 Å². The molecule has 0 bridgehead atoms. The van der Waals surface area contributed by atoms with Crippen LogP contribution in [-0.4, -0.2) is 4.98 Å². The molecule has 2 aromatic heterocycles. The molecule has 0 N–H and O–H groups in total. The summed E-state index contributed by atoms with van der Waals surface area (Å²) in [5, 5.41) is 3.55. The minimum atomic E-state index is 1.03. The van der Waals surface area contributed by atoms with Crippen LogP contribution < -0.4 is 4.90 Å². The molecule has 2 heterocycles. The molecule has 0 aliphatic rings. The van der Waals surface area contributed by atoms with E-state index < -0.39 is 0 Å². The molecule has 6 aromatic carbocycles. The molecule has 194 valence electrons. The third-order valence-electron chi connectivity index (χ3n) is 7.49. The van der Waals surface area contributed by atoms with Crippen LogP contribution in [0.1, 0.15) is 0 Å². The lowest BCUT2D eigenvalue weighted by Crippen LogP contribution is -2.11. The number of para-hydroxylation sites is 1. The predicted octanol–water partition coefficient (Wildman–Crippen LogP) is 11.5. The van der Waals surface area contributed by atoms with Gasteiger partial charge >= 0.3 is 0 Å². The van der Waals surface area contributed by atoms with Gasteiger partial charge in [0.05, 0.1) is 10.4 Å². The molecular weight excluding hydrogens is 537 g/mol. The summed E-state index contributed by atoms with van der Waals surface area (Å²) >= 11 is 3.62. The maximum absolute atomic E-state index is 5.34. The van der Waals surface area contributed by atoms with Gasteiger partial charge in [0.15, 0.2) is 0 Å². The SMILES string of the molecule is c1ccc(-c2ccc(N(c3ccccc3)c3c4nc(-c5ccccc5)sc4cc4sc5ccccc5c34)cc2)cc1. The number of nitrogens with zero attached hydrogens (tertiary/aromatic N) is 2. The van der Waals surface area contributed by atoms with Crippen molar-refractivity contribution in [2.24, 2.45) is 0 Å². The van der Waals surface area contributed by atoms with Gasteiger partial charge in [0.2, 0.25) is 0 Å². The Balaban J connectivity index is 1.43. The summed E-state index contributed by atoms with van der Waals surface area (Å²) in [7, 11) is 0. The van der Waals surface area contributed by atoms with Gasteiger partial charge in [-0.2, -0.15) is 0 Å². The first-order valence-electron chi connectivity index (χ1n) is 13.6. The Morgan fingerprint density at radius 2 is 1.05 bits per heavy atom. The molecule has 8 rings (SSSR count). The van der Waals surface area contributed by atoms with Crippen LogP contribution in [0.5, 0.6) is 0 Å². The molecular formula is C37H24N2S2. The van der Waals surface area contributed by atoms with Crippen molar-refractivity contribution < 1.29 is 0 Å². The molecule has 0 fully saturated rings. The lowest BCUT2D eigenvalue weighted by molar-refractivity contribution is 1.30. The number of anilines is 3. The minimum absolute atomic E-state index is 1.03. The highest BCUT2D eigenvalue weighted by Crippen LogP contribution is 2.50. The van der Waals surface area contributed by atoms with Gasteiger partial charge in [-0.15, -0.1) is 22.7 Å². The number of aromatic nitrogens is 1. The normalized spacial score (nSPS) is 11.4. The smallest absolute Gasteiger partial charge is 0.124 e. The highest BCUT2D eigenvalue weighted by Gasteiger charge is 2.24. The van der Waals surface area contributed by atoms with Crippen molar-refractivity contribution in [3.8, 4) is 21.7 Å². The third-order valence-corrected chi connectivity index (χ3v) is 9.66. The van der Waals surface area contributed by atoms with E-state index in [1.165, 1.54) is 36.0 Å². The van der Waals surface area contributed by atoms with Gasteiger partial charge < -0.3 is 4.90 Å². The molecule has 41 heavy (non-hydrogen) atoms. The lowest BCUT2D eigenvalue weighted by Gasteiger charge is -2.27. The minimum Gasteiger partial charge on any atom is -0.308 e. The fourth-order valence-corrected chi connectivity index (χ4v) is 7.83. The van der Waals surface area contributed by atoms with E-state index in [4.69, 9.17) is 4.98 Å². The topological polar surface area (TPSA) is 16.1 Å². The number of thiophene rings is 1. The lowest BCUT2D eigenvalue weighted by atomic mass is 10.0. The second kappa shape index (κ2) is 10.0. The van der Waals surface area contributed by atoms with Gasteiger partial charge in [-0.05, 0) is 47.5 Å². The van der Waals surface area contributed by atoms with E-state index >= 15 is 0 Å². The third kappa shape index (κ3) is 4.20. The van der Waals surface area contributed by atoms with Crippen LogP contribution in [0.3, 0.4) is 0 Å². The zero-order valence-electron chi connectivity index (χ0n) is 22.1. The van der Waals surface area contributed by atoms with Crippen molar-refractivity contribution in [2.75, 3.05) is 4.90 Å². The number of thiazole rings is 1. The molecule has 2 nitrogen and oxygen atoms in total. The Labute approximate surface area is 246 Å². The van der Waals surface area contributed by atoms with Crippen molar-refractivity contribution in [3.63, 3.8) is 0 Å². The fraction of sp³-hybridized carbons (Fsp3) is 0. The van der Waals surface area contributed by atoms with Gasteiger partial charge in [0.1, 0.15) is 10.5 Å². The molecule has 0 unspecified atom stereocenters. The van der Waals surface area contributed by atoms with Crippen LogP contribution in [0.25, 0.3) is 52.1 Å².